The minimum atomic E-state index is -0.358. The molecule has 47 heavy (non-hydrogen) atoms. The summed E-state index contributed by atoms with van der Waals surface area (Å²) in [5.74, 6) is -0.0616. The number of methoxy groups -OCH3 is 1. The number of aromatic amines is 1. The van der Waals surface area contributed by atoms with Crippen molar-refractivity contribution in [3.05, 3.63) is 114 Å². The molecular weight excluding hydrogens is 597 g/mol. The van der Waals surface area contributed by atoms with Crippen molar-refractivity contribution in [1.82, 2.24) is 24.3 Å². The topological polar surface area (TPSA) is 92.7 Å². The fourth-order valence-corrected chi connectivity index (χ4v) is 6.38. The van der Waals surface area contributed by atoms with Crippen LogP contribution in [0.4, 0.5) is 9.18 Å². The molecule has 5 aromatic rings. The van der Waals surface area contributed by atoms with Gasteiger partial charge in [0.25, 0.3) is 5.91 Å². The number of nitrogens with zero attached hydrogens (tertiary/aromatic N) is 4. The number of fused-ring (bicyclic) bond motifs is 1. The number of likely N-dealkylation sites (N-methyl/N-ethyl adjacent to an activating group) is 1. The molecule has 3 aromatic carbocycles. The maximum absolute atomic E-state index is 13.9. The first-order valence-corrected chi connectivity index (χ1v) is 16.0. The Morgan fingerprint density at radius 1 is 1.02 bits per heavy atom. The number of imidazole rings is 1. The van der Waals surface area contributed by atoms with Gasteiger partial charge < -0.3 is 28.8 Å². The van der Waals surface area contributed by atoms with Crippen molar-refractivity contribution in [2.24, 2.45) is 5.92 Å². The number of hydrogen-bond acceptors (Lipinski definition) is 5. The first-order valence-electron chi connectivity index (χ1n) is 16.0. The van der Waals surface area contributed by atoms with Crippen molar-refractivity contribution in [2.45, 2.75) is 31.9 Å². The highest BCUT2D eigenvalue weighted by Gasteiger charge is 2.29. The lowest BCUT2D eigenvalue weighted by atomic mass is 9.89. The number of halogens is 1. The number of nitrogens with one attached hydrogen (secondary N) is 1. The summed E-state index contributed by atoms with van der Waals surface area (Å²) in [5, 5.41) is 2.19. The molecule has 244 valence electrons. The van der Waals surface area contributed by atoms with Crippen molar-refractivity contribution in [3.8, 4) is 11.1 Å². The van der Waals surface area contributed by atoms with Gasteiger partial charge in [-0.1, -0.05) is 54.6 Å². The highest BCUT2D eigenvalue weighted by molar-refractivity contribution is 6.06. The van der Waals surface area contributed by atoms with Gasteiger partial charge in [0.15, 0.2) is 0 Å². The summed E-state index contributed by atoms with van der Waals surface area (Å²) in [6.45, 7) is 2.20. The number of aromatic nitrogens is 3. The van der Waals surface area contributed by atoms with Gasteiger partial charge >= 0.3 is 6.09 Å². The molecule has 3 heterocycles. The molecule has 2 amide bonds. The van der Waals surface area contributed by atoms with Crippen molar-refractivity contribution in [1.29, 1.82) is 0 Å². The van der Waals surface area contributed by atoms with Crippen molar-refractivity contribution >= 4 is 22.8 Å². The second-order valence-corrected chi connectivity index (χ2v) is 12.1. The number of likely N-dealkylation sites (tertiary alicyclic amines) is 1. The summed E-state index contributed by atoms with van der Waals surface area (Å²) in [4.78, 5) is 37.8. The number of rotatable bonds is 11. The second-order valence-electron chi connectivity index (χ2n) is 12.1. The first kappa shape index (κ1) is 32.0. The predicted octanol–water partition coefficient (Wildman–Crippen LogP) is 6.92. The number of carbonyl (C=O) groups excluding carboxylic acids is 2. The minimum absolute atomic E-state index is 0.0699. The summed E-state index contributed by atoms with van der Waals surface area (Å²) in [5.41, 5.74) is 4.20. The standard InChI is InChI=1S/C37H40FN5O4/c1-41(18-19-46-2)36(44)33-23-43(22-32(33)31-9-5-7-28-6-3-4-8-30(28)31)35(34-21-39-25-40-34)20-26-14-16-42(17-15-26)37(45)47-24-27-10-12-29(38)13-11-27/h3-13,21-23,25-26,35H,14-20,24H2,1-2H3,(H,39,40). The maximum Gasteiger partial charge on any atom is 0.410 e. The van der Waals surface area contributed by atoms with Crippen molar-refractivity contribution in [2.75, 3.05) is 40.4 Å². The number of H-pyrrole nitrogens is 1. The molecule has 0 spiro atoms. The molecule has 1 unspecified atom stereocenters. The van der Waals surface area contributed by atoms with Crippen LogP contribution in [0.2, 0.25) is 0 Å². The van der Waals surface area contributed by atoms with E-state index < -0.39 is 0 Å². The highest BCUT2D eigenvalue weighted by Crippen LogP contribution is 2.37. The molecule has 1 saturated heterocycles. The molecule has 1 aliphatic rings. The van der Waals surface area contributed by atoms with E-state index in [0.29, 0.717) is 37.7 Å². The third-order valence-electron chi connectivity index (χ3n) is 9.08. The van der Waals surface area contributed by atoms with Crippen LogP contribution in [0.25, 0.3) is 21.9 Å². The Balaban J connectivity index is 1.23. The summed E-state index contributed by atoms with van der Waals surface area (Å²) in [6.07, 6.45) is 9.67. The minimum Gasteiger partial charge on any atom is -0.445 e. The molecule has 0 aliphatic carbocycles. The van der Waals surface area contributed by atoms with Crippen molar-refractivity contribution < 1.29 is 23.5 Å². The summed E-state index contributed by atoms with van der Waals surface area (Å²) >= 11 is 0. The van der Waals surface area contributed by atoms with E-state index in [1.165, 1.54) is 12.1 Å². The van der Waals surface area contributed by atoms with Crippen LogP contribution in [0.5, 0.6) is 0 Å². The summed E-state index contributed by atoms with van der Waals surface area (Å²) < 4.78 is 26.1. The molecule has 1 aliphatic heterocycles. The Morgan fingerprint density at radius 3 is 2.53 bits per heavy atom. The normalized spacial score (nSPS) is 14.3. The smallest absolute Gasteiger partial charge is 0.410 e. The SMILES string of the molecule is COCCN(C)C(=O)c1cn(C(CC2CCN(C(=O)OCc3ccc(F)cc3)CC2)c2cnc[nH]2)cc1-c1cccc2ccccc12. The lowest BCUT2D eigenvalue weighted by Gasteiger charge is -2.33. The number of piperidine rings is 1. The molecule has 0 bridgehead atoms. The number of hydrogen-bond donors (Lipinski definition) is 1. The van der Waals surface area contributed by atoms with E-state index in [1.54, 1.807) is 42.4 Å². The van der Waals surface area contributed by atoms with Gasteiger partial charge in [0.2, 0.25) is 0 Å². The Kier molecular flexibility index (Phi) is 9.97. The number of ether oxygens (including phenoxy) is 2. The third kappa shape index (κ3) is 7.38. The van der Waals surface area contributed by atoms with Gasteiger partial charge in [0.1, 0.15) is 12.4 Å². The van der Waals surface area contributed by atoms with Gasteiger partial charge in [-0.3, -0.25) is 4.79 Å². The molecule has 10 heteroatoms. The zero-order valence-electron chi connectivity index (χ0n) is 26.8. The third-order valence-corrected chi connectivity index (χ3v) is 9.08. The van der Waals surface area contributed by atoms with E-state index in [4.69, 9.17) is 9.47 Å². The van der Waals surface area contributed by atoms with Crippen LogP contribution >= 0.6 is 0 Å². The van der Waals surface area contributed by atoms with Crippen LogP contribution in [0, 0.1) is 11.7 Å². The van der Waals surface area contributed by atoms with Gasteiger partial charge in [-0.05, 0) is 59.2 Å². The van der Waals surface area contributed by atoms with E-state index in [2.05, 4.69) is 45.0 Å². The fraction of sp³-hybridized carbons (Fsp3) is 0.324. The fourth-order valence-electron chi connectivity index (χ4n) is 6.38. The number of amides is 2. The largest absolute Gasteiger partial charge is 0.445 e. The molecule has 2 aromatic heterocycles. The van der Waals surface area contributed by atoms with Crippen LogP contribution in [0.15, 0.2) is 91.6 Å². The van der Waals surface area contributed by atoms with Crippen LogP contribution in [0.3, 0.4) is 0 Å². The maximum atomic E-state index is 13.9. The molecular formula is C37H40FN5O4. The predicted molar refractivity (Wildman–Crippen MR) is 178 cm³/mol. The van der Waals surface area contributed by atoms with Gasteiger partial charge in [0, 0.05) is 51.7 Å². The zero-order valence-corrected chi connectivity index (χ0v) is 26.8. The van der Waals surface area contributed by atoms with Gasteiger partial charge in [-0.15, -0.1) is 0 Å². The first-order chi connectivity index (χ1) is 22.9. The van der Waals surface area contributed by atoms with Crippen LogP contribution in [0.1, 0.15) is 46.9 Å². The van der Waals surface area contributed by atoms with E-state index >= 15 is 0 Å². The monoisotopic (exact) mass is 637 g/mol. The Bertz CT molecular complexity index is 1790. The number of benzene rings is 3. The van der Waals surface area contributed by atoms with Crippen molar-refractivity contribution in [3.63, 3.8) is 0 Å². The lowest BCUT2D eigenvalue weighted by molar-refractivity contribution is 0.0744. The van der Waals surface area contributed by atoms with Crippen LogP contribution in [-0.2, 0) is 16.1 Å². The van der Waals surface area contributed by atoms with E-state index in [9.17, 15) is 14.0 Å². The van der Waals surface area contributed by atoms with Crippen LogP contribution in [-0.4, -0.2) is 76.7 Å². The molecule has 1 fully saturated rings. The quantitative estimate of drug-likeness (QED) is 0.170. The van der Waals surface area contributed by atoms with E-state index in [1.807, 2.05) is 30.6 Å². The highest BCUT2D eigenvalue weighted by atomic mass is 19.1. The molecule has 1 N–H and O–H groups in total. The van der Waals surface area contributed by atoms with Gasteiger partial charge in [-0.2, -0.15) is 0 Å². The van der Waals surface area contributed by atoms with E-state index in [0.717, 1.165) is 52.4 Å². The second kappa shape index (κ2) is 14.6. The summed E-state index contributed by atoms with van der Waals surface area (Å²) in [6, 6.07) is 20.3. The number of carbonyl (C=O) groups is 2. The summed E-state index contributed by atoms with van der Waals surface area (Å²) in [7, 11) is 3.43. The average molecular weight is 638 g/mol. The lowest BCUT2D eigenvalue weighted by Crippen LogP contribution is -2.39. The van der Waals surface area contributed by atoms with E-state index in [-0.39, 0.29) is 30.5 Å². The Morgan fingerprint density at radius 2 is 1.79 bits per heavy atom. The molecule has 0 saturated carbocycles. The van der Waals surface area contributed by atoms with Gasteiger partial charge in [-0.25, -0.2) is 14.2 Å². The molecule has 6 rings (SSSR count). The average Bonchev–Trinajstić information content (AvgIpc) is 3.80. The molecule has 0 radical (unpaired) electrons. The van der Waals surface area contributed by atoms with Gasteiger partial charge in [0.05, 0.1) is 36.4 Å². The molecule has 9 nitrogen and oxygen atoms in total. The Labute approximate surface area is 273 Å². The van der Waals surface area contributed by atoms with Crippen LogP contribution < -0.4 is 0 Å². The Hall–Kier alpha value is -4.96. The zero-order chi connectivity index (χ0) is 32.8. The molecule has 1 atom stereocenters.